The van der Waals surface area contributed by atoms with Gasteiger partial charge in [0, 0.05) is 5.69 Å². The third-order valence-electron chi connectivity index (χ3n) is 4.94. The molecule has 0 bridgehead atoms. The molecule has 0 saturated heterocycles. The predicted molar refractivity (Wildman–Crippen MR) is 106 cm³/mol. The summed E-state index contributed by atoms with van der Waals surface area (Å²) in [6.45, 7) is 0.876. The number of rotatable bonds is 5. The molecule has 6 heteroatoms. The topological polar surface area (TPSA) is 57.2 Å². The van der Waals surface area contributed by atoms with Crippen molar-refractivity contribution in [3.05, 3.63) is 77.9 Å². The lowest BCUT2D eigenvalue weighted by Gasteiger charge is -2.23. The van der Waals surface area contributed by atoms with Crippen LogP contribution in [0.3, 0.4) is 0 Å². The van der Waals surface area contributed by atoms with E-state index in [0.29, 0.717) is 23.8 Å². The molecule has 146 valence electrons. The van der Waals surface area contributed by atoms with Crippen molar-refractivity contribution in [1.82, 2.24) is 0 Å². The van der Waals surface area contributed by atoms with Crippen molar-refractivity contribution in [3.8, 4) is 23.0 Å². The van der Waals surface area contributed by atoms with Crippen LogP contribution < -0.4 is 23.8 Å². The Balaban J connectivity index is 1.40. The summed E-state index contributed by atoms with van der Waals surface area (Å²) in [7, 11) is 0. The van der Waals surface area contributed by atoms with E-state index in [-0.39, 0.29) is 25.9 Å². The molecule has 29 heavy (non-hydrogen) atoms. The van der Waals surface area contributed by atoms with Crippen LogP contribution in [-0.2, 0) is 17.8 Å². The average Bonchev–Trinajstić information content (AvgIpc) is 3.41. The molecule has 2 aliphatic rings. The molecule has 0 unspecified atom stereocenters. The lowest BCUT2D eigenvalue weighted by atomic mass is 10.1. The fourth-order valence-corrected chi connectivity index (χ4v) is 3.47. The van der Waals surface area contributed by atoms with Gasteiger partial charge in [0.2, 0.25) is 19.5 Å². The highest BCUT2D eigenvalue weighted by Crippen LogP contribution is 2.34. The van der Waals surface area contributed by atoms with Crippen molar-refractivity contribution in [1.29, 1.82) is 0 Å². The van der Waals surface area contributed by atoms with Crippen molar-refractivity contribution in [2.75, 3.05) is 18.5 Å². The number of carbonyl (C=O) groups is 1. The number of fused-ring (bicyclic) bond motifs is 2. The molecule has 0 aliphatic carbocycles. The maximum Gasteiger partial charge on any atom is 0.231 e. The maximum absolute atomic E-state index is 13.2. The molecule has 3 aromatic carbocycles. The van der Waals surface area contributed by atoms with Crippen LogP contribution >= 0.6 is 0 Å². The summed E-state index contributed by atoms with van der Waals surface area (Å²) in [5.74, 6) is 2.82. The van der Waals surface area contributed by atoms with Gasteiger partial charge in [-0.3, -0.25) is 4.79 Å². The number of ether oxygens (including phenoxy) is 4. The quantitative estimate of drug-likeness (QED) is 0.662. The summed E-state index contributed by atoms with van der Waals surface area (Å²) in [6.07, 6.45) is 0.260. The molecule has 2 aliphatic heterocycles. The van der Waals surface area contributed by atoms with Gasteiger partial charge in [0.05, 0.1) is 13.0 Å². The Labute approximate surface area is 168 Å². The third kappa shape index (κ3) is 3.57. The first kappa shape index (κ1) is 17.4. The lowest BCUT2D eigenvalue weighted by molar-refractivity contribution is -0.118. The largest absolute Gasteiger partial charge is 0.454 e. The highest BCUT2D eigenvalue weighted by molar-refractivity contribution is 5.94. The third-order valence-corrected chi connectivity index (χ3v) is 4.94. The smallest absolute Gasteiger partial charge is 0.231 e. The molecule has 0 spiro atoms. The number of nitrogens with zero attached hydrogens (tertiary/aromatic N) is 1. The highest BCUT2D eigenvalue weighted by Gasteiger charge is 2.21. The van der Waals surface area contributed by atoms with E-state index in [1.807, 2.05) is 66.7 Å². The van der Waals surface area contributed by atoms with E-state index in [1.165, 1.54) is 0 Å². The number of amides is 1. The summed E-state index contributed by atoms with van der Waals surface area (Å²) in [5, 5.41) is 0. The van der Waals surface area contributed by atoms with E-state index >= 15 is 0 Å². The molecule has 1 amide bonds. The fraction of sp³-hybridized carbons (Fsp3) is 0.174. The highest BCUT2D eigenvalue weighted by atomic mass is 16.7. The Morgan fingerprint density at radius 1 is 0.724 bits per heavy atom. The Kier molecular flexibility index (Phi) is 4.44. The number of hydrogen-bond donors (Lipinski definition) is 0. The monoisotopic (exact) mass is 389 g/mol. The molecule has 0 aromatic heterocycles. The van der Waals surface area contributed by atoms with Crippen molar-refractivity contribution >= 4 is 11.6 Å². The predicted octanol–water partition coefficient (Wildman–Crippen LogP) is 3.92. The number of anilines is 1. The van der Waals surface area contributed by atoms with Crippen molar-refractivity contribution < 1.29 is 23.7 Å². The zero-order valence-corrected chi connectivity index (χ0v) is 15.7. The zero-order valence-electron chi connectivity index (χ0n) is 15.7. The maximum atomic E-state index is 13.2. The molecule has 3 aromatic rings. The summed E-state index contributed by atoms with van der Waals surface area (Å²) in [6, 6.07) is 21.0. The van der Waals surface area contributed by atoms with Gasteiger partial charge in [0.25, 0.3) is 0 Å². The molecule has 0 radical (unpaired) electrons. The SMILES string of the molecule is O=C(Cc1ccc2c(c1)OCO2)N(Cc1ccc2c(c1)OCO2)c1ccccc1. The van der Waals surface area contributed by atoms with Crippen LogP contribution in [0.15, 0.2) is 66.7 Å². The molecule has 0 atom stereocenters. The van der Waals surface area contributed by atoms with Gasteiger partial charge >= 0.3 is 0 Å². The Morgan fingerprint density at radius 2 is 1.31 bits per heavy atom. The molecule has 0 fully saturated rings. The Bertz CT molecular complexity index is 1050. The lowest BCUT2D eigenvalue weighted by Crippen LogP contribution is -2.31. The minimum absolute atomic E-state index is 0.00673. The molecular formula is C23H19NO5. The Morgan fingerprint density at radius 3 is 2.00 bits per heavy atom. The molecule has 0 N–H and O–H groups in total. The minimum atomic E-state index is -0.00673. The first-order valence-corrected chi connectivity index (χ1v) is 9.39. The number of hydrogen-bond acceptors (Lipinski definition) is 5. The van der Waals surface area contributed by atoms with Crippen LogP contribution in [0.1, 0.15) is 11.1 Å². The zero-order chi connectivity index (χ0) is 19.6. The minimum Gasteiger partial charge on any atom is -0.454 e. The van der Waals surface area contributed by atoms with Crippen LogP contribution in [0.5, 0.6) is 23.0 Å². The molecule has 6 nitrogen and oxygen atoms in total. The normalized spacial score (nSPS) is 13.4. The fourth-order valence-electron chi connectivity index (χ4n) is 3.47. The van der Waals surface area contributed by atoms with Crippen LogP contribution in [-0.4, -0.2) is 19.5 Å². The molecule has 0 saturated carbocycles. The second kappa shape index (κ2) is 7.39. The summed E-state index contributed by atoms with van der Waals surface area (Å²) in [5.41, 5.74) is 2.69. The van der Waals surface area contributed by atoms with Gasteiger partial charge in [-0.1, -0.05) is 30.3 Å². The van der Waals surface area contributed by atoms with Crippen molar-refractivity contribution in [3.63, 3.8) is 0 Å². The van der Waals surface area contributed by atoms with Gasteiger partial charge in [0.15, 0.2) is 23.0 Å². The summed E-state index contributed by atoms with van der Waals surface area (Å²) < 4.78 is 21.6. The van der Waals surface area contributed by atoms with Crippen molar-refractivity contribution in [2.45, 2.75) is 13.0 Å². The first-order valence-electron chi connectivity index (χ1n) is 9.39. The van der Waals surface area contributed by atoms with E-state index in [0.717, 1.165) is 22.6 Å². The van der Waals surface area contributed by atoms with Gasteiger partial charge in [-0.25, -0.2) is 0 Å². The van der Waals surface area contributed by atoms with E-state index in [2.05, 4.69) is 0 Å². The van der Waals surface area contributed by atoms with E-state index in [1.54, 1.807) is 4.90 Å². The summed E-state index contributed by atoms with van der Waals surface area (Å²) in [4.78, 5) is 15.0. The Hall–Kier alpha value is -3.67. The van der Waals surface area contributed by atoms with Gasteiger partial charge in [-0.05, 0) is 47.5 Å². The van der Waals surface area contributed by atoms with Crippen molar-refractivity contribution in [2.24, 2.45) is 0 Å². The van der Waals surface area contributed by atoms with Crippen LogP contribution in [0, 0.1) is 0 Å². The van der Waals surface area contributed by atoms with Gasteiger partial charge in [-0.15, -0.1) is 0 Å². The van der Waals surface area contributed by atoms with E-state index < -0.39 is 0 Å². The second-order valence-electron chi connectivity index (χ2n) is 6.87. The van der Waals surface area contributed by atoms with Crippen LogP contribution in [0.2, 0.25) is 0 Å². The second-order valence-corrected chi connectivity index (χ2v) is 6.87. The van der Waals surface area contributed by atoms with Gasteiger partial charge < -0.3 is 23.8 Å². The standard InChI is InChI=1S/C23H19NO5/c25-23(12-16-6-8-19-21(10-16)28-14-26-19)24(18-4-2-1-3-5-18)13-17-7-9-20-22(11-17)29-15-27-20/h1-11H,12-15H2. The average molecular weight is 389 g/mol. The first-order chi connectivity index (χ1) is 14.3. The van der Waals surface area contributed by atoms with Crippen LogP contribution in [0.25, 0.3) is 0 Å². The number of para-hydroxylation sites is 1. The summed E-state index contributed by atoms with van der Waals surface area (Å²) >= 11 is 0. The number of carbonyl (C=O) groups excluding carboxylic acids is 1. The van der Waals surface area contributed by atoms with E-state index in [9.17, 15) is 4.79 Å². The molecule has 2 heterocycles. The van der Waals surface area contributed by atoms with Gasteiger partial charge in [0.1, 0.15) is 0 Å². The molecule has 5 rings (SSSR count). The number of benzene rings is 3. The molecular weight excluding hydrogens is 370 g/mol. The van der Waals surface area contributed by atoms with Gasteiger partial charge in [-0.2, -0.15) is 0 Å². The van der Waals surface area contributed by atoms with E-state index in [4.69, 9.17) is 18.9 Å². The van der Waals surface area contributed by atoms with Crippen LogP contribution in [0.4, 0.5) is 5.69 Å².